The summed E-state index contributed by atoms with van der Waals surface area (Å²) < 4.78 is 0. The van der Waals surface area contributed by atoms with Gasteiger partial charge in [-0.3, -0.25) is 9.97 Å². The van der Waals surface area contributed by atoms with E-state index in [1.54, 1.807) is 0 Å². The quantitative estimate of drug-likeness (QED) is 0.185. The van der Waals surface area contributed by atoms with Crippen molar-refractivity contribution in [1.82, 2.24) is 9.97 Å². The fourth-order valence-electron chi connectivity index (χ4n) is 8.81. The van der Waals surface area contributed by atoms with Gasteiger partial charge in [-0.25, -0.2) is 9.98 Å². The maximum atomic E-state index is 5.44. The molecule has 0 spiro atoms. The highest BCUT2D eigenvalue weighted by Gasteiger charge is 2.33. The molecule has 0 radical (unpaired) electrons. The van der Waals surface area contributed by atoms with E-state index >= 15 is 0 Å². The van der Waals surface area contributed by atoms with Crippen molar-refractivity contribution in [3.63, 3.8) is 0 Å². The number of benzene rings is 6. The van der Waals surface area contributed by atoms with Gasteiger partial charge in [0, 0.05) is 35.4 Å². The number of hydrogen-bond donors (Lipinski definition) is 0. The van der Waals surface area contributed by atoms with Crippen molar-refractivity contribution in [1.29, 1.82) is 0 Å². The highest BCUT2D eigenvalue weighted by atomic mass is 14.9. The fourth-order valence-corrected chi connectivity index (χ4v) is 8.81. The van der Waals surface area contributed by atoms with Crippen LogP contribution in [0.25, 0.3) is 22.3 Å². The van der Waals surface area contributed by atoms with Crippen molar-refractivity contribution >= 4 is 22.8 Å². The van der Waals surface area contributed by atoms with Crippen molar-refractivity contribution in [2.75, 3.05) is 0 Å². The molecule has 4 nitrogen and oxygen atoms in total. The summed E-state index contributed by atoms with van der Waals surface area (Å²) in [7, 11) is 0. The lowest BCUT2D eigenvalue weighted by molar-refractivity contribution is 1.01. The zero-order chi connectivity index (χ0) is 35.6. The molecule has 0 amide bonds. The molecule has 252 valence electrons. The number of fused-ring (bicyclic) bond motifs is 8. The lowest BCUT2D eigenvalue weighted by atomic mass is 9.88. The summed E-state index contributed by atoms with van der Waals surface area (Å²) in [5.74, 6) is 0.248. The molecule has 2 aliphatic carbocycles. The SMILES string of the molecule is c1ccc(C2c3ccccc3-c3ccc(C4=Nc5cccnc5C(c5ccc6c(c5)C(c5ccccc5)c5ccccc5-6)=Nc5cccnc54)cc32)cc1. The molecule has 0 saturated heterocycles. The summed E-state index contributed by atoms with van der Waals surface area (Å²) in [5.41, 5.74) is 19.4. The third-order valence-electron chi connectivity index (χ3n) is 11.1. The van der Waals surface area contributed by atoms with Crippen LogP contribution in [0.2, 0.25) is 0 Å². The van der Waals surface area contributed by atoms with Crippen molar-refractivity contribution in [2.24, 2.45) is 9.98 Å². The Morgan fingerprint density at radius 2 is 0.741 bits per heavy atom. The minimum atomic E-state index is 0.124. The Morgan fingerprint density at radius 1 is 0.333 bits per heavy atom. The van der Waals surface area contributed by atoms with Crippen LogP contribution in [-0.4, -0.2) is 21.4 Å². The Morgan fingerprint density at radius 3 is 1.20 bits per heavy atom. The van der Waals surface area contributed by atoms with Gasteiger partial charge in [0.1, 0.15) is 11.4 Å². The summed E-state index contributed by atoms with van der Waals surface area (Å²) in [6, 6.07) is 60.6. The van der Waals surface area contributed by atoms with Gasteiger partial charge in [0.15, 0.2) is 0 Å². The van der Waals surface area contributed by atoms with E-state index in [0.29, 0.717) is 0 Å². The smallest absolute Gasteiger partial charge is 0.115 e. The predicted molar refractivity (Wildman–Crippen MR) is 218 cm³/mol. The zero-order valence-electron chi connectivity index (χ0n) is 29.3. The third kappa shape index (κ3) is 4.77. The molecule has 2 atom stereocenters. The predicted octanol–water partition coefficient (Wildman–Crippen LogP) is 11.4. The molecule has 6 aromatic carbocycles. The molecule has 3 heterocycles. The summed E-state index contributed by atoms with van der Waals surface area (Å²) in [5, 5.41) is 0. The van der Waals surface area contributed by atoms with Crippen LogP contribution in [0.4, 0.5) is 11.4 Å². The Kier molecular flexibility index (Phi) is 6.96. The van der Waals surface area contributed by atoms with E-state index in [0.717, 1.165) is 45.3 Å². The minimum Gasteiger partial charge on any atom is -0.252 e. The normalized spacial score (nSPS) is 16.0. The lowest BCUT2D eigenvalue weighted by Crippen LogP contribution is -2.13. The summed E-state index contributed by atoms with van der Waals surface area (Å²) in [6.07, 6.45) is 3.67. The van der Waals surface area contributed by atoms with E-state index < -0.39 is 0 Å². The molecular weight excluding hydrogens is 657 g/mol. The topological polar surface area (TPSA) is 50.5 Å². The van der Waals surface area contributed by atoms with Crippen LogP contribution >= 0.6 is 0 Å². The van der Waals surface area contributed by atoms with Crippen LogP contribution < -0.4 is 0 Å². The molecule has 3 aliphatic rings. The molecule has 0 saturated carbocycles. The van der Waals surface area contributed by atoms with Gasteiger partial charge in [-0.05, 0) is 92.0 Å². The van der Waals surface area contributed by atoms with Crippen LogP contribution in [0.1, 0.15) is 67.7 Å². The van der Waals surface area contributed by atoms with Crippen molar-refractivity contribution in [2.45, 2.75) is 11.8 Å². The van der Waals surface area contributed by atoms with Gasteiger partial charge in [-0.15, -0.1) is 0 Å². The number of aromatic nitrogens is 2. The van der Waals surface area contributed by atoms with E-state index in [1.165, 1.54) is 55.6 Å². The lowest BCUT2D eigenvalue weighted by Gasteiger charge is -2.19. The van der Waals surface area contributed by atoms with Gasteiger partial charge in [-0.2, -0.15) is 0 Å². The van der Waals surface area contributed by atoms with E-state index in [4.69, 9.17) is 20.0 Å². The molecule has 0 N–H and O–H groups in total. The standard InChI is InChI=1S/C50H32N4/c1-3-13-31(14-4-1)45-39-19-9-7-17-35(39)37-25-23-33(29-41(37)45)47-49-43(21-11-27-51-49)54-48(50-44(53-47)22-12-28-52-50)34-24-26-38-36-18-8-10-20-40(36)46(42(38)30-34)32-15-5-2-6-16-32/h1-30,45-46H. The highest BCUT2D eigenvalue weighted by Crippen LogP contribution is 2.50. The van der Waals surface area contributed by atoms with Crippen LogP contribution in [0.3, 0.4) is 0 Å². The number of rotatable bonds is 4. The first-order valence-corrected chi connectivity index (χ1v) is 18.5. The number of hydrogen-bond acceptors (Lipinski definition) is 4. The molecule has 0 bridgehead atoms. The van der Waals surface area contributed by atoms with E-state index in [9.17, 15) is 0 Å². The first-order chi connectivity index (χ1) is 26.8. The molecule has 54 heavy (non-hydrogen) atoms. The fraction of sp³-hybridized carbons (Fsp3) is 0.0400. The summed E-state index contributed by atoms with van der Waals surface area (Å²) in [4.78, 5) is 20.8. The Bertz CT molecular complexity index is 2640. The maximum Gasteiger partial charge on any atom is 0.115 e. The summed E-state index contributed by atoms with van der Waals surface area (Å²) in [6.45, 7) is 0. The molecule has 2 unspecified atom stereocenters. The molecule has 2 aromatic heterocycles. The van der Waals surface area contributed by atoms with Crippen LogP contribution in [-0.2, 0) is 0 Å². The van der Waals surface area contributed by atoms with E-state index in [-0.39, 0.29) is 11.8 Å². The number of aliphatic imine (C=N–C) groups is 2. The van der Waals surface area contributed by atoms with Crippen LogP contribution in [0.15, 0.2) is 192 Å². The van der Waals surface area contributed by atoms with Crippen molar-refractivity contribution < 1.29 is 0 Å². The third-order valence-corrected chi connectivity index (χ3v) is 11.1. The largest absolute Gasteiger partial charge is 0.252 e. The molecule has 0 fully saturated rings. The van der Waals surface area contributed by atoms with E-state index in [2.05, 4.69) is 146 Å². The second-order valence-corrected chi connectivity index (χ2v) is 14.1. The minimum absolute atomic E-state index is 0.124. The second-order valence-electron chi connectivity index (χ2n) is 14.1. The number of pyridine rings is 2. The van der Waals surface area contributed by atoms with E-state index in [1.807, 2.05) is 36.7 Å². The van der Waals surface area contributed by atoms with Crippen molar-refractivity contribution in [3.8, 4) is 22.3 Å². The summed E-state index contributed by atoms with van der Waals surface area (Å²) >= 11 is 0. The molecule has 8 aromatic rings. The Labute approximate surface area is 314 Å². The first kappa shape index (κ1) is 30.6. The Balaban J connectivity index is 1.08. The second kappa shape index (κ2) is 12.3. The van der Waals surface area contributed by atoms with Crippen molar-refractivity contribution in [3.05, 3.63) is 238 Å². The monoisotopic (exact) mass is 688 g/mol. The van der Waals surface area contributed by atoms with Gasteiger partial charge < -0.3 is 0 Å². The molecular formula is C50H32N4. The van der Waals surface area contributed by atoms with Gasteiger partial charge >= 0.3 is 0 Å². The average molecular weight is 689 g/mol. The molecule has 11 rings (SSSR count). The zero-order valence-corrected chi connectivity index (χ0v) is 29.3. The first-order valence-electron chi connectivity index (χ1n) is 18.5. The average Bonchev–Trinajstić information content (AvgIpc) is 3.74. The van der Waals surface area contributed by atoms with Gasteiger partial charge in [-0.1, -0.05) is 133 Å². The van der Waals surface area contributed by atoms with Crippen LogP contribution in [0, 0.1) is 0 Å². The van der Waals surface area contributed by atoms with Crippen LogP contribution in [0.5, 0.6) is 0 Å². The van der Waals surface area contributed by atoms with Gasteiger partial charge in [0.2, 0.25) is 0 Å². The Hall–Kier alpha value is -7.04. The van der Waals surface area contributed by atoms with Gasteiger partial charge in [0.25, 0.3) is 0 Å². The number of nitrogens with zero attached hydrogens (tertiary/aromatic N) is 4. The maximum absolute atomic E-state index is 5.44. The molecule has 1 aliphatic heterocycles. The van der Waals surface area contributed by atoms with Gasteiger partial charge in [0.05, 0.1) is 22.8 Å². The highest BCUT2D eigenvalue weighted by molar-refractivity contribution is 6.21. The molecule has 4 heteroatoms.